The molecule has 7 heteroatoms. The molecule has 1 aromatic heterocycles. The van der Waals surface area contributed by atoms with Crippen molar-refractivity contribution in [3.05, 3.63) is 18.1 Å². The lowest BCUT2D eigenvalue weighted by atomic mass is 10.3. The molecule has 0 fully saturated rings. The predicted octanol–water partition coefficient (Wildman–Crippen LogP) is 0.0598. The van der Waals surface area contributed by atoms with Gasteiger partial charge in [0.2, 0.25) is 0 Å². The van der Waals surface area contributed by atoms with Crippen LogP contribution < -0.4 is 5.32 Å². The Labute approximate surface area is 84.8 Å². The molecule has 80 valence electrons. The molecule has 0 aromatic carbocycles. The van der Waals surface area contributed by atoms with Gasteiger partial charge in [-0.2, -0.15) is 0 Å². The van der Waals surface area contributed by atoms with E-state index in [0.29, 0.717) is 0 Å². The van der Waals surface area contributed by atoms with Crippen molar-refractivity contribution in [1.29, 1.82) is 0 Å². The average Bonchev–Trinajstić information content (AvgIpc) is 2.18. The number of hydrogen-bond acceptors (Lipinski definition) is 5. The van der Waals surface area contributed by atoms with E-state index in [2.05, 4.69) is 15.3 Å². The molecule has 15 heavy (non-hydrogen) atoms. The number of aromatic carboxylic acids is 1. The van der Waals surface area contributed by atoms with Crippen LogP contribution in [0, 0.1) is 0 Å². The molecule has 0 radical (unpaired) electrons. The first-order valence-electron chi connectivity index (χ1n) is 4.05. The van der Waals surface area contributed by atoms with Crippen LogP contribution in [0.1, 0.15) is 17.4 Å². The van der Waals surface area contributed by atoms with Crippen LogP contribution in [0.25, 0.3) is 0 Å². The van der Waals surface area contributed by atoms with Gasteiger partial charge in [-0.1, -0.05) is 0 Å². The topological polar surface area (TPSA) is 112 Å². The number of anilines is 1. The van der Waals surface area contributed by atoms with Crippen molar-refractivity contribution in [2.45, 2.75) is 13.0 Å². The number of carboxylic acids is 2. The fourth-order valence-corrected chi connectivity index (χ4v) is 0.797. The number of nitrogens with zero attached hydrogens (tertiary/aromatic N) is 2. The Balaban J connectivity index is 2.72. The zero-order chi connectivity index (χ0) is 11.4. The molecular formula is C8H9N3O4. The van der Waals surface area contributed by atoms with E-state index in [9.17, 15) is 9.59 Å². The summed E-state index contributed by atoms with van der Waals surface area (Å²) in [5.74, 6) is -1.99. The van der Waals surface area contributed by atoms with Crippen LogP contribution in [0.3, 0.4) is 0 Å². The highest BCUT2D eigenvalue weighted by molar-refractivity contribution is 5.85. The number of aromatic nitrogens is 2. The summed E-state index contributed by atoms with van der Waals surface area (Å²) in [6, 6.07) is -0.810. The summed E-state index contributed by atoms with van der Waals surface area (Å²) in [6.07, 6.45) is 2.22. The van der Waals surface area contributed by atoms with E-state index in [1.54, 1.807) is 0 Å². The van der Waals surface area contributed by atoms with Gasteiger partial charge >= 0.3 is 11.9 Å². The van der Waals surface area contributed by atoms with Crippen molar-refractivity contribution >= 4 is 17.8 Å². The normalized spacial score (nSPS) is 11.8. The second kappa shape index (κ2) is 4.36. The van der Waals surface area contributed by atoms with Gasteiger partial charge in [0.15, 0.2) is 5.69 Å². The number of aliphatic carboxylic acids is 1. The molecular weight excluding hydrogens is 202 g/mol. The fourth-order valence-electron chi connectivity index (χ4n) is 0.797. The molecule has 0 saturated heterocycles. The monoisotopic (exact) mass is 211 g/mol. The molecule has 0 saturated carbocycles. The highest BCUT2D eigenvalue weighted by Gasteiger charge is 2.11. The Bertz CT molecular complexity index is 376. The first-order chi connectivity index (χ1) is 7.00. The summed E-state index contributed by atoms with van der Waals surface area (Å²) in [5, 5.41) is 19.7. The lowest BCUT2D eigenvalue weighted by Gasteiger charge is -2.08. The second-order valence-corrected chi connectivity index (χ2v) is 2.80. The van der Waals surface area contributed by atoms with Crippen LogP contribution in [-0.2, 0) is 4.79 Å². The Morgan fingerprint density at radius 2 is 2.00 bits per heavy atom. The maximum Gasteiger partial charge on any atom is 0.356 e. The molecule has 1 atom stereocenters. The van der Waals surface area contributed by atoms with Gasteiger partial charge in [-0.25, -0.2) is 14.8 Å². The maximum absolute atomic E-state index is 10.5. The van der Waals surface area contributed by atoms with Crippen molar-refractivity contribution in [3.8, 4) is 0 Å². The number of nitrogens with one attached hydrogen (secondary N) is 1. The first-order valence-corrected chi connectivity index (χ1v) is 4.05. The molecule has 0 bridgehead atoms. The van der Waals surface area contributed by atoms with Gasteiger partial charge in [-0.3, -0.25) is 4.79 Å². The van der Waals surface area contributed by atoms with Gasteiger partial charge in [0.1, 0.15) is 11.9 Å². The second-order valence-electron chi connectivity index (χ2n) is 2.80. The largest absolute Gasteiger partial charge is 0.480 e. The van der Waals surface area contributed by atoms with Gasteiger partial charge in [-0.15, -0.1) is 0 Å². The minimum absolute atomic E-state index is 0.191. The van der Waals surface area contributed by atoms with Gasteiger partial charge in [0, 0.05) is 0 Å². The van der Waals surface area contributed by atoms with E-state index in [1.165, 1.54) is 13.1 Å². The van der Waals surface area contributed by atoms with Crippen LogP contribution in [0.5, 0.6) is 0 Å². The Morgan fingerprint density at radius 3 is 2.40 bits per heavy atom. The Kier molecular flexibility index (Phi) is 3.17. The van der Waals surface area contributed by atoms with E-state index in [4.69, 9.17) is 10.2 Å². The maximum atomic E-state index is 10.5. The third-order valence-corrected chi connectivity index (χ3v) is 1.61. The van der Waals surface area contributed by atoms with Gasteiger partial charge < -0.3 is 15.5 Å². The number of carbonyl (C=O) groups is 2. The molecule has 3 N–H and O–H groups in total. The molecule has 0 aliphatic carbocycles. The fraction of sp³-hybridized carbons (Fsp3) is 0.250. The van der Waals surface area contributed by atoms with E-state index in [0.717, 1.165) is 6.20 Å². The summed E-state index contributed by atoms with van der Waals surface area (Å²) in [6.45, 7) is 1.44. The van der Waals surface area contributed by atoms with Crippen LogP contribution in [0.15, 0.2) is 12.4 Å². The Hall–Kier alpha value is -2.18. The number of carboxylic acid groups (broad SMARTS) is 2. The van der Waals surface area contributed by atoms with E-state index >= 15 is 0 Å². The first kappa shape index (κ1) is 10.9. The summed E-state index contributed by atoms with van der Waals surface area (Å²) < 4.78 is 0. The minimum Gasteiger partial charge on any atom is -0.480 e. The highest BCUT2D eigenvalue weighted by Crippen LogP contribution is 2.03. The molecule has 1 aromatic rings. The van der Waals surface area contributed by atoms with E-state index in [1.807, 2.05) is 0 Å². The highest BCUT2D eigenvalue weighted by atomic mass is 16.4. The third kappa shape index (κ3) is 2.90. The van der Waals surface area contributed by atoms with Crippen molar-refractivity contribution in [1.82, 2.24) is 9.97 Å². The van der Waals surface area contributed by atoms with Gasteiger partial charge in [0.25, 0.3) is 0 Å². The summed E-state index contributed by atoms with van der Waals surface area (Å²) in [4.78, 5) is 28.2. The molecule has 1 rings (SSSR count). The summed E-state index contributed by atoms with van der Waals surface area (Å²) in [7, 11) is 0. The SMILES string of the molecule is C[C@H](Nc1cnc(C(=O)O)cn1)C(=O)O. The third-order valence-electron chi connectivity index (χ3n) is 1.61. The van der Waals surface area contributed by atoms with Crippen molar-refractivity contribution in [2.75, 3.05) is 5.32 Å². The van der Waals surface area contributed by atoms with Crippen molar-refractivity contribution in [3.63, 3.8) is 0 Å². The zero-order valence-electron chi connectivity index (χ0n) is 7.84. The van der Waals surface area contributed by atoms with Crippen LogP contribution in [0.4, 0.5) is 5.82 Å². The molecule has 0 amide bonds. The van der Waals surface area contributed by atoms with Crippen LogP contribution >= 0.6 is 0 Å². The predicted molar refractivity (Wildman–Crippen MR) is 49.7 cm³/mol. The molecule has 7 nitrogen and oxygen atoms in total. The minimum atomic E-state index is -1.18. The van der Waals surface area contributed by atoms with E-state index in [-0.39, 0.29) is 11.5 Å². The van der Waals surface area contributed by atoms with Crippen molar-refractivity contribution in [2.24, 2.45) is 0 Å². The average molecular weight is 211 g/mol. The summed E-state index contributed by atoms with van der Waals surface area (Å²) >= 11 is 0. The standard InChI is InChI=1S/C8H9N3O4/c1-4(7(12)13)11-6-3-9-5(2-10-6)8(14)15/h2-4H,1H3,(H,10,11)(H,12,13)(H,14,15)/t4-/m0/s1. The molecule has 0 aliphatic heterocycles. The lowest BCUT2D eigenvalue weighted by molar-refractivity contribution is -0.137. The number of hydrogen-bond donors (Lipinski definition) is 3. The van der Waals surface area contributed by atoms with Gasteiger partial charge in [-0.05, 0) is 6.92 Å². The number of rotatable bonds is 4. The molecule has 1 heterocycles. The molecule has 0 aliphatic rings. The van der Waals surface area contributed by atoms with Crippen LogP contribution in [0.2, 0.25) is 0 Å². The quantitative estimate of drug-likeness (QED) is 0.645. The van der Waals surface area contributed by atoms with Crippen molar-refractivity contribution < 1.29 is 19.8 Å². The molecule has 0 unspecified atom stereocenters. The van der Waals surface area contributed by atoms with Crippen LogP contribution in [-0.4, -0.2) is 38.2 Å². The zero-order valence-corrected chi connectivity index (χ0v) is 7.84. The smallest absolute Gasteiger partial charge is 0.356 e. The summed E-state index contributed by atoms with van der Waals surface area (Å²) in [5.41, 5.74) is -0.191. The Morgan fingerprint density at radius 1 is 1.33 bits per heavy atom. The van der Waals surface area contributed by atoms with Gasteiger partial charge in [0.05, 0.1) is 12.4 Å². The molecule has 0 spiro atoms. The lowest BCUT2D eigenvalue weighted by Crippen LogP contribution is -2.26. The van der Waals surface area contributed by atoms with E-state index < -0.39 is 18.0 Å².